The molecule has 202 valence electrons. The first-order chi connectivity index (χ1) is 19.1. The van der Waals surface area contributed by atoms with E-state index in [0.29, 0.717) is 40.5 Å². The normalized spacial score (nSPS) is 24.6. The number of hydrogen-bond acceptors (Lipinski definition) is 8. The van der Waals surface area contributed by atoms with Crippen LogP contribution < -0.4 is 20.3 Å². The topological polar surface area (TPSA) is 84.4 Å². The van der Waals surface area contributed by atoms with Crippen molar-refractivity contribution in [2.45, 2.75) is 43.5 Å². The number of nitrogens with zero attached hydrogens (tertiary/aromatic N) is 4. The molecule has 0 unspecified atom stereocenters. The van der Waals surface area contributed by atoms with Crippen LogP contribution in [0, 0.1) is 5.82 Å². The lowest BCUT2D eigenvalue weighted by atomic mass is 10.0. The van der Waals surface area contributed by atoms with Gasteiger partial charge in [0.2, 0.25) is 0 Å². The second-order valence-corrected chi connectivity index (χ2v) is 11.1. The monoisotopic (exact) mass is 548 g/mol. The van der Waals surface area contributed by atoms with Crippen LogP contribution in [-0.2, 0) is 4.74 Å². The summed E-state index contributed by atoms with van der Waals surface area (Å²) in [5.74, 6) is 0.154. The number of nitrogens with one attached hydrogen (secondary N) is 2. The summed E-state index contributed by atoms with van der Waals surface area (Å²) in [4.78, 5) is 16.2. The van der Waals surface area contributed by atoms with Gasteiger partial charge in [0.25, 0.3) is 0 Å². The molecule has 4 aromatic rings. The number of aromatic nitrogens is 3. The minimum absolute atomic E-state index is 0.114. The third-order valence-corrected chi connectivity index (χ3v) is 8.51. The number of ether oxygens (including phenoxy) is 2. The Bertz CT molecular complexity index is 1540. The summed E-state index contributed by atoms with van der Waals surface area (Å²) in [6.07, 6.45) is 4.93. The van der Waals surface area contributed by atoms with Crippen LogP contribution in [0.5, 0.6) is 6.01 Å². The van der Waals surface area contributed by atoms with E-state index in [1.165, 1.54) is 0 Å². The van der Waals surface area contributed by atoms with E-state index in [1.54, 1.807) is 13.3 Å². The number of methoxy groups -OCH3 is 1. The molecule has 0 spiro atoms. The Hall–Kier alpha value is -3.11. The maximum absolute atomic E-state index is 16.4. The highest BCUT2D eigenvalue weighted by Gasteiger charge is 2.34. The Balaban J connectivity index is 1.32. The highest BCUT2D eigenvalue weighted by Crippen LogP contribution is 2.38. The molecular weight excluding hydrogens is 519 g/mol. The smallest absolute Gasteiger partial charge is 0.319 e. The fourth-order valence-electron chi connectivity index (χ4n) is 6.24. The molecule has 2 aromatic heterocycles. The minimum atomic E-state index is -0.509. The third kappa shape index (κ3) is 4.57. The Kier molecular flexibility index (Phi) is 6.47. The van der Waals surface area contributed by atoms with Gasteiger partial charge in [0.1, 0.15) is 23.6 Å². The SMILES string of the molecule is CO[C@H]1CN[C@H](COc2nc(N3C[C@H]4CC[C@@H](C3)N4)c3cnc(-c4cccc5cccc(Cl)c45)c(F)c3n2)C1. The van der Waals surface area contributed by atoms with Crippen LogP contribution in [0.4, 0.5) is 10.2 Å². The zero-order chi connectivity index (χ0) is 26.5. The molecule has 5 heterocycles. The van der Waals surface area contributed by atoms with Gasteiger partial charge in [-0.2, -0.15) is 9.97 Å². The molecule has 8 nitrogen and oxygen atoms in total. The maximum atomic E-state index is 16.4. The summed E-state index contributed by atoms with van der Waals surface area (Å²) in [5, 5.41) is 9.86. The van der Waals surface area contributed by atoms with Gasteiger partial charge in [0.05, 0.1) is 11.5 Å². The van der Waals surface area contributed by atoms with Crippen molar-refractivity contribution in [3.05, 3.63) is 53.4 Å². The van der Waals surface area contributed by atoms with Gasteiger partial charge in [0, 0.05) is 67.0 Å². The fourth-order valence-corrected chi connectivity index (χ4v) is 6.52. The van der Waals surface area contributed by atoms with Gasteiger partial charge in [-0.1, -0.05) is 41.9 Å². The summed E-state index contributed by atoms with van der Waals surface area (Å²) < 4.78 is 28.0. The molecule has 2 bridgehead atoms. The molecule has 3 saturated heterocycles. The maximum Gasteiger partial charge on any atom is 0.319 e. The van der Waals surface area contributed by atoms with E-state index in [1.807, 2.05) is 36.4 Å². The number of anilines is 1. The zero-order valence-electron chi connectivity index (χ0n) is 21.7. The lowest BCUT2D eigenvalue weighted by molar-refractivity contribution is 0.115. The number of hydrogen-bond donors (Lipinski definition) is 2. The second-order valence-electron chi connectivity index (χ2n) is 10.7. The van der Waals surface area contributed by atoms with Crippen LogP contribution in [0.25, 0.3) is 32.9 Å². The molecule has 0 aliphatic carbocycles. The third-order valence-electron chi connectivity index (χ3n) is 8.20. The van der Waals surface area contributed by atoms with Crippen LogP contribution in [0.1, 0.15) is 19.3 Å². The van der Waals surface area contributed by atoms with Crippen LogP contribution in [0.15, 0.2) is 42.6 Å². The predicted molar refractivity (Wildman–Crippen MR) is 150 cm³/mol. The van der Waals surface area contributed by atoms with Crippen molar-refractivity contribution in [1.29, 1.82) is 0 Å². The van der Waals surface area contributed by atoms with Crippen molar-refractivity contribution in [3.63, 3.8) is 0 Å². The highest BCUT2D eigenvalue weighted by molar-refractivity contribution is 6.36. The molecule has 39 heavy (non-hydrogen) atoms. The van der Waals surface area contributed by atoms with Crippen LogP contribution >= 0.6 is 11.6 Å². The molecule has 4 atom stereocenters. The fraction of sp³-hybridized carbons (Fsp3) is 0.414. The molecular formula is C29H30ClFN6O2. The molecule has 7 rings (SSSR count). The van der Waals surface area contributed by atoms with E-state index in [4.69, 9.17) is 26.1 Å². The number of pyridine rings is 1. The van der Waals surface area contributed by atoms with Gasteiger partial charge in [-0.3, -0.25) is 4.98 Å². The quantitative estimate of drug-likeness (QED) is 0.368. The number of benzene rings is 2. The van der Waals surface area contributed by atoms with Crippen molar-refractivity contribution in [2.75, 3.05) is 38.3 Å². The predicted octanol–water partition coefficient (Wildman–Crippen LogP) is 4.33. The second kappa shape index (κ2) is 10.1. The van der Waals surface area contributed by atoms with Crippen molar-refractivity contribution < 1.29 is 13.9 Å². The number of halogens is 2. The van der Waals surface area contributed by atoms with E-state index in [-0.39, 0.29) is 29.4 Å². The lowest BCUT2D eigenvalue weighted by Gasteiger charge is -2.34. The number of fused-ring (bicyclic) bond motifs is 4. The summed E-state index contributed by atoms with van der Waals surface area (Å²) in [6, 6.07) is 12.4. The van der Waals surface area contributed by atoms with Crippen molar-refractivity contribution in [1.82, 2.24) is 25.6 Å². The van der Waals surface area contributed by atoms with E-state index in [9.17, 15) is 0 Å². The van der Waals surface area contributed by atoms with Gasteiger partial charge >= 0.3 is 6.01 Å². The van der Waals surface area contributed by atoms with E-state index in [0.717, 1.165) is 49.7 Å². The first-order valence-corrected chi connectivity index (χ1v) is 13.9. The molecule has 2 aromatic carbocycles. The standard InChI is InChI=1S/C29H30ClFN6O2/c1-38-20-10-19(32-11-20)15-39-29-35-27-22(28(36-29)37-13-17-8-9-18(14-37)34-17)12-33-26(25(27)31)21-6-2-4-16-5-3-7-23(30)24(16)21/h2-7,12,17-20,32,34H,8-11,13-15H2,1H3/t17-,18+,19-,20+/m0/s1. The van der Waals surface area contributed by atoms with Crippen molar-refractivity contribution in [2.24, 2.45) is 0 Å². The lowest BCUT2D eigenvalue weighted by Crippen LogP contribution is -2.51. The summed E-state index contributed by atoms with van der Waals surface area (Å²) in [5.41, 5.74) is 1.03. The largest absolute Gasteiger partial charge is 0.462 e. The van der Waals surface area contributed by atoms with Crippen molar-refractivity contribution in [3.8, 4) is 17.3 Å². The van der Waals surface area contributed by atoms with Crippen molar-refractivity contribution >= 4 is 39.1 Å². The molecule has 3 fully saturated rings. The first kappa shape index (κ1) is 24.9. The van der Waals surface area contributed by atoms with Gasteiger partial charge in [-0.25, -0.2) is 4.39 Å². The van der Waals surface area contributed by atoms with Gasteiger partial charge in [0.15, 0.2) is 5.82 Å². The summed E-state index contributed by atoms with van der Waals surface area (Å²) >= 11 is 6.57. The average molecular weight is 549 g/mol. The minimum Gasteiger partial charge on any atom is -0.462 e. The summed E-state index contributed by atoms with van der Waals surface area (Å²) in [7, 11) is 1.71. The van der Waals surface area contributed by atoms with Gasteiger partial charge in [-0.05, 0) is 30.7 Å². The Morgan fingerprint density at radius 1 is 1.10 bits per heavy atom. The molecule has 0 radical (unpaired) electrons. The molecule has 10 heteroatoms. The first-order valence-electron chi connectivity index (χ1n) is 13.5. The Morgan fingerprint density at radius 3 is 2.67 bits per heavy atom. The average Bonchev–Trinajstić information content (AvgIpc) is 3.57. The van der Waals surface area contributed by atoms with Crippen LogP contribution in [-0.4, -0.2) is 72.5 Å². The Morgan fingerprint density at radius 2 is 1.90 bits per heavy atom. The zero-order valence-corrected chi connectivity index (χ0v) is 22.4. The van der Waals surface area contributed by atoms with Crippen LogP contribution in [0.2, 0.25) is 5.02 Å². The number of rotatable bonds is 6. The van der Waals surface area contributed by atoms with E-state index >= 15 is 4.39 Å². The van der Waals surface area contributed by atoms with Gasteiger partial charge in [-0.15, -0.1) is 0 Å². The van der Waals surface area contributed by atoms with E-state index < -0.39 is 5.82 Å². The van der Waals surface area contributed by atoms with E-state index in [2.05, 4.69) is 25.5 Å². The molecule has 3 aliphatic rings. The Labute approximate surface area is 230 Å². The highest BCUT2D eigenvalue weighted by atomic mass is 35.5. The van der Waals surface area contributed by atoms with Gasteiger partial charge < -0.3 is 25.0 Å². The molecule has 0 amide bonds. The molecule has 2 N–H and O–H groups in total. The molecule has 0 saturated carbocycles. The van der Waals surface area contributed by atoms with Crippen LogP contribution in [0.3, 0.4) is 0 Å². The summed E-state index contributed by atoms with van der Waals surface area (Å²) in [6.45, 7) is 2.74. The molecule has 3 aliphatic heterocycles. The number of piperazine rings is 1.